The second-order valence-electron chi connectivity index (χ2n) is 3.94. The predicted octanol–water partition coefficient (Wildman–Crippen LogP) is 2.71. The Kier molecular flexibility index (Phi) is 4.37. The molecule has 1 heterocycles. The molecule has 7 heteroatoms. The standard InChI is InChI=1S/C13H11ClN2O4/c1-8-11(16-20-15-8)7-19-12-4-3-10(14)6-9(12)2-5-13(17)18/h2-6H,7H2,1H3,(H,17,18). The van der Waals surface area contributed by atoms with E-state index in [4.69, 9.17) is 21.4 Å². The van der Waals surface area contributed by atoms with Gasteiger partial charge in [0.2, 0.25) is 0 Å². The van der Waals surface area contributed by atoms with E-state index in [1.165, 1.54) is 6.08 Å². The number of hydrogen-bond donors (Lipinski definition) is 1. The Labute approximate surface area is 119 Å². The number of carboxylic acids is 1. The number of rotatable bonds is 5. The molecular formula is C13H11ClN2O4. The fourth-order valence-corrected chi connectivity index (χ4v) is 1.65. The zero-order chi connectivity index (χ0) is 14.5. The van der Waals surface area contributed by atoms with Gasteiger partial charge < -0.3 is 9.84 Å². The molecule has 0 atom stereocenters. The third-order valence-electron chi connectivity index (χ3n) is 2.49. The van der Waals surface area contributed by atoms with Gasteiger partial charge in [-0.3, -0.25) is 0 Å². The highest BCUT2D eigenvalue weighted by molar-refractivity contribution is 6.30. The lowest BCUT2D eigenvalue weighted by Gasteiger charge is -2.08. The summed E-state index contributed by atoms with van der Waals surface area (Å²) in [6, 6.07) is 4.93. The lowest BCUT2D eigenvalue weighted by Crippen LogP contribution is -1.99. The van der Waals surface area contributed by atoms with Gasteiger partial charge in [0.05, 0.1) is 0 Å². The Bertz CT molecular complexity index is 652. The minimum absolute atomic E-state index is 0.172. The number of ether oxygens (including phenoxy) is 1. The van der Waals surface area contributed by atoms with Crippen molar-refractivity contribution in [3.05, 3.63) is 46.2 Å². The summed E-state index contributed by atoms with van der Waals surface area (Å²) in [5.41, 5.74) is 1.78. The van der Waals surface area contributed by atoms with Crippen LogP contribution in [0.5, 0.6) is 5.75 Å². The number of carboxylic acid groups (broad SMARTS) is 1. The van der Waals surface area contributed by atoms with Gasteiger partial charge in [-0.1, -0.05) is 21.9 Å². The van der Waals surface area contributed by atoms with Crippen LogP contribution in [0.25, 0.3) is 6.08 Å². The van der Waals surface area contributed by atoms with Gasteiger partial charge in [0.25, 0.3) is 0 Å². The van der Waals surface area contributed by atoms with Crippen LogP contribution in [0, 0.1) is 6.92 Å². The summed E-state index contributed by atoms with van der Waals surface area (Å²) in [5, 5.41) is 16.5. The first-order valence-corrected chi connectivity index (χ1v) is 6.05. The lowest BCUT2D eigenvalue weighted by atomic mass is 10.2. The average molecular weight is 295 g/mol. The van der Waals surface area contributed by atoms with Crippen LogP contribution in [0.3, 0.4) is 0 Å². The van der Waals surface area contributed by atoms with Gasteiger partial charge in [0.1, 0.15) is 23.7 Å². The second-order valence-corrected chi connectivity index (χ2v) is 4.38. The Morgan fingerprint density at radius 2 is 2.30 bits per heavy atom. The molecule has 0 aliphatic carbocycles. The summed E-state index contributed by atoms with van der Waals surface area (Å²) >= 11 is 5.88. The van der Waals surface area contributed by atoms with Crippen LogP contribution in [0.1, 0.15) is 17.0 Å². The molecule has 0 saturated carbocycles. The molecule has 0 bridgehead atoms. The van der Waals surface area contributed by atoms with Crippen LogP contribution in [-0.4, -0.2) is 21.4 Å². The molecule has 0 saturated heterocycles. The molecule has 0 amide bonds. The van der Waals surface area contributed by atoms with Crippen LogP contribution in [0.15, 0.2) is 28.9 Å². The number of aryl methyl sites for hydroxylation is 1. The van der Waals surface area contributed by atoms with Gasteiger partial charge >= 0.3 is 5.97 Å². The molecule has 1 aromatic carbocycles. The van der Waals surface area contributed by atoms with Crippen LogP contribution < -0.4 is 4.74 Å². The van der Waals surface area contributed by atoms with Gasteiger partial charge in [-0.25, -0.2) is 9.42 Å². The van der Waals surface area contributed by atoms with Crippen molar-refractivity contribution in [3.63, 3.8) is 0 Å². The van der Waals surface area contributed by atoms with Crippen molar-refractivity contribution >= 4 is 23.6 Å². The molecule has 0 spiro atoms. The molecular weight excluding hydrogens is 284 g/mol. The second kappa shape index (κ2) is 6.21. The van der Waals surface area contributed by atoms with Crippen molar-refractivity contribution in [3.8, 4) is 5.75 Å². The van der Waals surface area contributed by atoms with Crippen molar-refractivity contribution in [1.29, 1.82) is 0 Å². The van der Waals surface area contributed by atoms with Crippen molar-refractivity contribution < 1.29 is 19.3 Å². The first-order valence-electron chi connectivity index (χ1n) is 5.67. The number of benzene rings is 1. The maximum Gasteiger partial charge on any atom is 0.328 e. The maximum absolute atomic E-state index is 10.6. The molecule has 104 valence electrons. The number of carbonyl (C=O) groups is 1. The molecule has 0 aliphatic rings. The van der Waals surface area contributed by atoms with Crippen molar-refractivity contribution in [2.75, 3.05) is 0 Å². The zero-order valence-electron chi connectivity index (χ0n) is 10.5. The quantitative estimate of drug-likeness (QED) is 0.853. The number of nitrogens with zero attached hydrogens (tertiary/aromatic N) is 2. The summed E-state index contributed by atoms with van der Waals surface area (Å²) in [6.07, 6.45) is 2.43. The van der Waals surface area contributed by atoms with E-state index in [1.807, 2.05) is 0 Å². The van der Waals surface area contributed by atoms with E-state index in [0.29, 0.717) is 27.7 Å². The smallest absolute Gasteiger partial charge is 0.328 e. The van der Waals surface area contributed by atoms with Crippen LogP contribution in [-0.2, 0) is 11.4 Å². The van der Waals surface area contributed by atoms with Crippen molar-refractivity contribution in [2.24, 2.45) is 0 Å². The van der Waals surface area contributed by atoms with Gasteiger partial charge in [0, 0.05) is 16.7 Å². The third kappa shape index (κ3) is 3.58. The molecule has 6 nitrogen and oxygen atoms in total. The number of hydrogen-bond acceptors (Lipinski definition) is 5. The number of aromatic nitrogens is 2. The largest absolute Gasteiger partial charge is 0.486 e. The van der Waals surface area contributed by atoms with Gasteiger partial charge in [-0.2, -0.15) is 0 Å². The average Bonchev–Trinajstić information content (AvgIpc) is 2.81. The fourth-order valence-electron chi connectivity index (χ4n) is 1.47. The molecule has 0 unspecified atom stereocenters. The van der Waals surface area contributed by atoms with Crippen molar-refractivity contribution in [2.45, 2.75) is 13.5 Å². The first kappa shape index (κ1) is 14.1. The van der Waals surface area contributed by atoms with Crippen LogP contribution in [0.4, 0.5) is 0 Å². The molecule has 0 aliphatic heterocycles. The van der Waals surface area contributed by atoms with Gasteiger partial charge in [-0.15, -0.1) is 0 Å². The fraction of sp³-hybridized carbons (Fsp3) is 0.154. The maximum atomic E-state index is 10.6. The van der Waals surface area contributed by atoms with Gasteiger partial charge in [-0.05, 0) is 31.2 Å². The normalized spacial score (nSPS) is 10.9. The summed E-state index contributed by atoms with van der Waals surface area (Å²) in [5.74, 6) is -0.554. The molecule has 2 rings (SSSR count). The topological polar surface area (TPSA) is 85.5 Å². The highest BCUT2D eigenvalue weighted by Gasteiger charge is 2.08. The SMILES string of the molecule is Cc1nonc1COc1ccc(Cl)cc1C=CC(=O)O. The van der Waals surface area contributed by atoms with E-state index in [1.54, 1.807) is 25.1 Å². The van der Waals surface area contributed by atoms with E-state index < -0.39 is 5.97 Å². The first-order chi connectivity index (χ1) is 9.56. The Morgan fingerprint density at radius 1 is 1.50 bits per heavy atom. The lowest BCUT2D eigenvalue weighted by molar-refractivity contribution is -0.131. The summed E-state index contributed by atoms with van der Waals surface area (Å²) in [7, 11) is 0. The summed E-state index contributed by atoms with van der Waals surface area (Å²) < 4.78 is 10.2. The molecule has 0 fully saturated rings. The van der Waals surface area contributed by atoms with E-state index in [0.717, 1.165) is 6.08 Å². The Balaban J connectivity index is 2.18. The minimum atomic E-state index is -1.05. The van der Waals surface area contributed by atoms with E-state index in [-0.39, 0.29) is 6.61 Å². The summed E-state index contributed by atoms with van der Waals surface area (Å²) in [6.45, 7) is 1.92. The van der Waals surface area contributed by atoms with Crippen molar-refractivity contribution in [1.82, 2.24) is 10.3 Å². The Morgan fingerprint density at radius 3 is 2.95 bits per heavy atom. The Hall–Kier alpha value is -2.34. The summed E-state index contributed by atoms with van der Waals surface area (Å²) in [4.78, 5) is 10.6. The highest BCUT2D eigenvalue weighted by atomic mass is 35.5. The predicted molar refractivity (Wildman–Crippen MR) is 71.5 cm³/mol. The molecule has 20 heavy (non-hydrogen) atoms. The molecule has 1 aromatic heterocycles. The van der Waals surface area contributed by atoms with Crippen LogP contribution >= 0.6 is 11.6 Å². The molecule has 0 radical (unpaired) electrons. The highest BCUT2D eigenvalue weighted by Crippen LogP contribution is 2.25. The van der Waals surface area contributed by atoms with E-state index in [9.17, 15) is 4.79 Å². The number of aliphatic carboxylic acids is 1. The molecule has 2 aromatic rings. The monoisotopic (exact) mass is 294 g/mol. The molecule has 1 N–H and O–H groups in total. The van der Waals surface area contributed by atoms with Gasteiger partial charge in [0.15, 0.2) is 0 Å². The number of halogens is 1. The van der Waals surface area contributed by atoms with E-state index in [2.05, 4.69) is 14.9 Å². The zero-order valence-corrected chi connectivity index (χ0v) is 11.3. The van der Waals surface area contributed by atoms with E-state index >= 15 is 0 Å². The third-order valence-corrected chi connectivity index (χ3v) is 2.72. The minimum Gasteiger partial charge on any atom is -0.486 e. The van der Waals surface area contributed by atoms with Crippen LogP contribution in [0.2, 0.25) is 5.02 Å².